The van der Waals surface area contributed by atoms with Gasteiger partial charge in [-0.1, -0.05) is 48.2 Å². The fraction of sp³-hybridized carbons (Fsp3) is 0.0800. The number of anilines is 1. The monoisotopic (exact) mass is 471 g/mol. The molecular weight excluding hydrogens is 450 g/mol. The number of nitrogens with zero attached hydrogens (tertiary/aromatic N) is 2. The molecule has 0 spiro atoms. The Morgan fingerprint density at radius 3 is 2.56 bits per heavy atom. The van der Waals surface area contributed by atoms with Crippen molar-refractivity contribution < 1.29 is 14.7 Å². The quantitative estimate of drug-likeness (QED) is 0.176. The molecule has 0 radical (unpaired) electrons. The number of carboxylic acids is 1. The predicted molar refractivity (Wildman–Crippen MR) is 134 cm³/mol. The summed E-state index contributed by atoms with van der Waals surface area (Å²) in [5.41, 5.74) is 9.70. The molecule has 0 saturated carbocycles. The Morgan fingerprint density at radius 1 is 0.941 bits per heavy atom. The van der Waals surface area contributed by atoms with E-state index in [-0.39, 0.29) is 5.75 Å². The maximum Gasteiger partial charge on any atom is 0.313 e. The van der Waals surface area contributed by atoms with Crippen molar-refractivity contribution in [1.82, 2.24) is 20.2 Å². The number of carbonyl (C=O) groups is 1. The number of hydrogen-bond acceptors (Lipinski definition) is 6. The Hall–Kier alpha value is -4.08. The van der Waals surface area contributed by atoms with Crippen LogP contribution in [0, 0.1) is 0 Å². The number of H-pyrrole nitrogens is 2. The van der Waals surface area contributed by atoms with Crippen LogP contribution in [0.1, 0.15) is 0 Å². The smallest absolute Gasteiger partial charge is 0.313 e. The normalized spacial score (nSPS) is 11.1. The average molecular weight is 472 g/mol. The van der Waals surface area contributed by atoms with Gasteiger partial charge in [0.15, 0.2) is 11.0 Å². The lowest BCUT2D eigenvalue weighted by atomic mass is 10.0. The van der Waals surface area contributed by atoms with Gasteiger partial charge in [-0.2, -0.15) is 0 Å². The number of aromatic nitrogens is 4. The SMILES string of the molecule is CONc1cc(-c2ccc3[nH]c(-c4ccccc4)cc3c2)cc(-c2nnc(SCC(=O)O)[nH]2)c1. The minimum atomic E-state index is -0.910. The van der Waals surface area contributed by atoms with Gasteiger partial charge in [-0.15, -0.1) is 10.2 Å². The highest BCUT2D eigenvalue weighted by Crippen LogP contribution is 2.33. The van der Waals surface area contributed by atoms with Crippen molar-refractivity contribution in [3.8, 4) is 33.8 Å². The second kappa shape index (κ2) is 9.42. The largest absolute Gasteiger partial charge is 0.481 e. The Labute approximate surface area is 199 Å². The first-order valence-electron chi connectivity index (χ1n) is 10.5. The van der Waals surface area contributed by atoms with Crippen LogP contribution in [0.5, 0.6) is 0 Å². The Bertz CT molecular complexity index is 1460. The molecule has 0 amide bonds. The van der Waals surface area contributed by atoms with Crippen LogP contribution in [-0.4, -0.2) is 44.1 Å². The molecule has 2 aromatic heterocycles. The first kappa shape index (κ1) is 21.7. The van der Waals surface area contributed by atoms with Crippen LogP contribution >= 0.6 is 11.8 Å². The summed E-state index contributed by atoms with van der Waals surface area (Å²) in [6.45, 7) is 0. The topological polar surface area (TPSA) is 116 Å². The molecule has 0 fully saturated rings. The summed E-state index contributed by atoms with van der Waals surface area (Å²) in [6.07, 6.45) is 0. The standard InChI is InChI=1S/C25H21N5O3S/c1-33-30-20-11-17(10-19(12-20)24-27-25(29-28-24)34-14-23(31)32)16-7-8-21-18(9-16)13-22(26-21)15-5-3-2-4-6-15/h2-13,26,30H,14H2,1H3,(H,31,32)(H,27,28,29). The fourth-order valence-corrected chi connectivity index (χ4v) is 4.29. The van der Waals surface area contributed by atoms with Gasteiger partial charge >= 0.3 is 5.97 Å². The van der Waals surface area contributed by atoms with Gasteiger partial charge in [0.25, 0.3) is 0 Å². The van der Waals surface area contributed by atoms with Crippen LogP contribution in [0.25, 0.3) is 44.7 Å². The van der Waals surface area contributed by atoms with E-state index in [0.29, 0.717) is 11.0 Å². The zero-order chi connectivity index (χ0) is 23.5. The number of fused-ring (bicyclic) bond motifs is 1. The van der Waals surface area contributed by atoms with E-state index in [1.165, 1.54) is 0 Å². The number of thioether (sulfide) groups is 1. The molecule has 0 aliphatic heterocycles. The van der Waals surface area contributed by atoms with E-state index in [9.17, 15) is 4.79 Å². The van der Waals surface area contributed by atoms with E-state index in [1.54, 1.807) is 7.11 Å². The van der Waals surface area contributed by atoms with Gasteiger partial charge in [-0.05, 0) is 53.1 Å². The second-order valence-corrected chi connectivity index (χ2v) is 8.58. The number of aliphatic carboxylic acids is 1. The van der Waals surface area contributed by atoms with Crippen molar-refractivity contribution >= 4 is 34.3 Å². The first-order chi connectivity index (χ1) is 16.6. The number of carboxylic acid groups (broad SMARTS) is 1. The molecule has 170 valence electrons. The Balaban J connectivity index is 1.51. The van der Waals surface area contributed by atoms with E-state index in [4.69, 9.17) is 9.94 Å². The van der Waals surface area contributed by atoms with Crippen LogP contribution < -0.4 is 5.48 Å². The minimum absolute atomic E-state index is 0.0905. The molecule has 5 aromatic rings. The Morgan fingerprint density at radius 2 is 1.76 bits per heavy atom. The lowest BCUT2D eigenvalue weighted by Crippen LogP contribution is -1.98. The number of rotatable bonds is 8. The van der Waals surface area contributed by atoms with E-state index < -0.39 is 5.97 Å². The highest BCUT2D eigenvalue weighted by molar-refractivity contribution is 7.99. The molecule has 4 N–H and O–H groups in total. The summed E-state index contributed by atoms with van der Waals surface area (Å²) in [6, 6.07) is 24.5. The van der Waals surface area contributed by atoms with Gasteiger partial charge in [0.2, 0.25) is 0 Å². The van der Waals surface area contributed by atoms with Crippen molar-refractivity contribution in [2.24, 2.45) is 0 Å². The van der Waals surface area contributed by atoms with Crippen molar-refractivity contribution in [2.75, 3.05) is 18.3 Å². The summed E-state index contributed by atoms with van der Waals surface area (Å²) < 4.78 is 0. The van der Waals surface area contributed by atoms with Crippen LogP contribution in [0.2, 0.25) is 0 Å². The van der Waals surface area contributed by atoms with Crippen molar-refractivity contribution in [1.29, 1.82) is 0 Å². The third-order valence-corrected chi connectivity index (χ3v) is 6.11. The van der Waals surface area contributed by atoms with Crippen molar-refractivity contribution in [3.63, 3.8) is 0 Å². The number of nitrogens with one attached hydrogen (secondary N) is 3. The first-order valence-corrected chi connectivity index (χ1v) is 11.5. The van der Waals surface area contributed by atoms with Crippen LogP contribution in [-0.2, 0) is 9.63 Å². The van der Waals surface area contributed by atoms with Gasteiger partial charge in [0.1, 0.15) is 0 Å². The lowest BCUT2D eigenvalue weighted by Gasteiger charge is -2.10. The van der Waals surface area contributed by atoms with E-state index in [2.05, 4.69) is 62.0 Å². The molecule has 0 aliphatic carbocycles. The van der Waals surface area contributed by atoms with Gasteiger partial charge in [-0.3, -0.25) is 15.1 Å². The van der Waals surface area contributed by atoms with E-state index in [1.807, 2.05) is 36.4 Å². The summed E-state index contributed by atoms with van der Waals surface area (Å²) in [5, 5.41) is 18.7. The molecule has 5 rings (SSSR count). The van der Waals surface area contributed by atoms with Crippen molar-refractivity contribution in [3.05, 3.63) is 72.8 Å². The zero-order valence-corrected chi connectivity index (χ0v) is 19.0. The molecule has 0 aliphatic rings. The molecule has 2 heterocycles. The van der Waals surface area contributed by atoms with E-state index in [0.717, 1.165) is 56.3 Å². The summed E-state index contributed by atoms with van der Waals surface area (Å²) in [7, 11) is 1.55. The van der Waals surface area contributed by atoms with Crippen LogP contribution in [0.3, 0.4) is 0 Å². The highest BCUT2D eigenvalue weighted by Gasteiger charge is 2.12. The van der Waals surface area contributed by atoms with Crippen LogP contribution in [0.4, 0.5) is 5.69 Å². The molecule has 9 heteroatoms. The third kappa shape index (κ3) is 4.66. The second-order valence-electron chi connectivity index (χ2n) is 7.62. The van der Waals surface area contributed by atoms with Gasteiger partial charge in [0, 0.05) is 22.2 Å². The average Bonchev–Trinajstić information content (AvgIpc) is 3.50. The van der Waals surface area contributed by atoms with Gasteiger partial charge in [-0.25, -0.2) is 0 Å². The van der Waals surface area contributed by atoms with Crippen LogP contribution in [0.15, 0.2) is 78.0 Å². The molecule has 8 nitrogen and oxygen atoms in total. The number of benzene rings is 3. The maximum absolute atomic E-state index is 10.8. The summed E-state index contributed by atoms with van der Waals surface area (Å²) in [5.74, 6) is -0.456. The van der Waals surface area contributed by atoms with E-state index >= 15 is 0 Å². The zero-order valence-electron chi connectivity index (χ0n) is 18.2. The molecule has 0 bridgehead atoms. The molecule has 0 atom stereocenters. The predicted octanol–water partition coefficient (Wildman–Crippen LogP) is 5.44. The molecule has 34 heavy (non-hydrogen) atoms. The Kier molecular flexibility index (Phi) is 6.03. The molecule has 3 aromatic carbocycles. The third-order valence-electron chi connectivity index (χ3n) is 5.26. The van der Waals surface area contributed by atoms with Gasteiger partial charge in [0.05, 0.1) is 18.6 Å². The van der Waals surface area contributed by atoms with Gasteiger partial charge < -0.3 is 15.1 Å². The molecular formula is C25H21N5O3S. The maximum atomic E-state index is 10.8. The lowest BCUT2D eigenvalue weighted by molar-refractivity contribution is -0.133. The number of hydrogen-bond donors (Lipinski definition) is 4. The summed E-state index contributed by atoms with van der Waals surface area (Å²) in [4.78, 5) is 22.5. The molecule has 0 saturated heterocycles. The number of aromatic amines is 2. The van der Waals surface area contributed by atoms with Crippen molar-refractivity contribution in [2.45, 2.75) is 5.16 Å². The fourth-order valence-electron chi connectivity index (χ4n) is 3.76. The summed E-state index contributed by atoms with van der Waals surface area (Å²) >= 11 is 1.09. The molecule has 0 unspecified atom stereocenters. The minimum Gasteiger partial charge on any atom is -0.481 e. The highest BCUT2D eigenvalue weighted by atomic mass is 32.2.